The lowest BCUT2D eigenvalue weighted by atomic mass is 9.89. The monoisotopic (exact) mass is 330 g/mol. The largest absolute Gasteiger partial charge is 0.426 e. The molecule has 0 saturated heterocycles. The summed E-state index contributed by atoms with van der Waals surface area (Å²) in [6.07, 6.45) is 15.8. The summed E-state index contributed by atoms with van der Waals surface area (Å²) in [6.45, 7) is 2.26. The number of hydrogen-bond donors (Lipinski definition) is 0. The first kappa shape index (κ1) is 19.0. The molecule has 2 rings (SSSR count). The topological polar surface area (TPSA) is 26.3 Å². The summed E-state index contributed by atoms with van der Waals surface area (Å²) >= 11 is 0. The van der Waals surface area contributed by atoms with E-state index in [1.54, 1.807) is 0 Å². The maximum absolute atomic E-state index is 12.4. The van der Waals surface area contributed by atoms with E-state index >= 15 is 0 Å². The Morgan fingerprint density at radius 3 is 2.38 bits per heavy atom. The van der Waals surface area contributed by atoms with E-state index in [0.717, 1.165) is 25.0 Å². The van der Waals surface area contributed by atoms with E-state index in [1.807, 2.05) is 12.1 Å². The van der Waals surface area contributed by atoms with Gasteiger partial charge >= 0.3 is 5.97 Å². The van der Waals surface area contributed by atoms with Crippen molar-refractivity contribution in [2.75, 3.05) is 0 Å². The van der Waals surface area contributed by atoms with E-state index in [-0.39, 0.29) is 11.9 Å². The van der Waals surface area contributed by atoms with Crippen LogP contribution in [0.1, 0.15) is 89.5 Å². The lowest BCUT2D eigenvalue weighted by Gasteiger charge is -2.20. The summed E-state index contributed by atoms with van der Waals surface area (Å²) in [4.78, 5) is 12.4. The van der Waals surface area contributed by atoms with E-state index in [4.69, 9.17) is 4.74 Å². The van der Waals surface area contributed by atoms with Crippen LogP contribution < -0.4 is 4.74 Å². The highest BCUT2D eigenvalue weighted by Crippen LogP contribution is 2.27. The van der Waals surface area contributed by atoms with Gasteiger partial charge in [0.2, 0.25) is 0 Å². The van der Waals surface area contributed by atoms with Crippen LogP contribution in [0.3, 0.4) is 0 Å². The van der Waals surface area contributed by atoms with Crippen LogP contribution in [0.2, 0.25) is 0 Å². The number of carbonyl (C=O) groups is 1. The normalized spacial score (nSPS) is 15.4. The Hall–Kier alpha value is -1.31. The third-order valence-electron chi connectivity index (χ3n) is 5.17. The Balaban J connectivity index is 1.76. The molecule has 134 valence electrons. The molecule has 1 aromatic carbocycles. The first-order chi connectivity index (χ1) is 11.8. The van der Waals surface area contributed by atoms with Crippen molar-refractivity contribution in [3.05, 3.63) is 29.8 Å². The third kappa shape index (κ3) is 6.67. The molecule has 0 aliphatic heterocycles. The predicted octanol–water partition coefficient (Wildman–Crippen LogP) is 6.47. The van der Waals surface area contributed by atoms with E-state index in [9.17, 15) is 4.79 Å². The fourth-order valence-electron chi connectivity index (χ4n) is 3.61. The van der Waals surface area contributed by atoms with E-state index in [2.05, 4.69) is 19.1 Å². The van der Waals surface area contributed by atoms with Crippen LogP contribution >= 0.6 is 0 Å². The fraction of sp³-hybridized carbons (Fsp3) is 0.682. The van der Waals surface area contributed by atoms with Crippen molar-refractivity contribution in [3.8, 4) is 5.75 Å². The van der Waals surface area contributed by atoms with Gasteiger partial charge in [-0.05, 0) is 37.3 Å². The zero-order valence-electron chi connectivity index (χ0n) is 15.4. The van der Waals surface area contributed by atoms with Gasteiger partial charge in [0.25, 0.3) is 0 Å². The number of unbranched alkanes of at least 4 members (excludes halogenated alkanes) is 6. The highest BCUT2D eigenvalue weighted by Gasteiger charge is 2.23. The van der Waals surface area contributed by atoms with Gasteiger partial charge in [-0.15, -0.1) is 0 Å². The molecule has 1 aromatic rings. The molecule has 0 spiro atoms. The van der Waals surface area contributed by atoms with Crippen LogP contribution in [0.15, 0.2) is 24.3 Å². The van der Waals surface area contributed by atoms with Crippen molar-refractivity contribution in [2.24, 2.45) is 5.92 Å². The average molecular weight is 331 g/mol. The first-order valence-corrected chi connectivity index (χ1v) is 10.1. The summed E-state index contributed by atoms with van der Waals surface area (Å²) in [5, 5.41) is 0. The molecule has 2 nitrogen and oxygen atoms in total. The molecule has 0 heterocycles. The Morgan fingerprint density at radius 2 is 1.62 bits per heavy atom. The van der Waals surface area contributed by atoms with Crippen LogP contribution in [0, 0.1) is 5.92 Å². The molecular formula is C22H34O2. The molecule has 0 bridgehead atoms. The Bertz CT molecular complexity index is 475. The minimum atomic E-state index is -0.0123. The fourth-order valence-corrected chi connectivity index (χ4v) is 3.61. The van der Waals surface area contributed by atoms with Crippen molar-refractivity contribution >= 4 is 5.97 Å². The molecule has 1 fully saturated rings. The minimum Gasteiger partial charge on any atom is -0.426 e. The van der Waals surface area contributed by atoms with Gasteiger partial charge in [-0.2, -0.15) is 0 Å². The third-order valence-corrected chi connectivity index (χ3v) is 5.17. The van der Waals surface area contributed by atoms with Crippen molar-refractivity contribution in [1.82, 2.24) is 0 Å². The summed E-state index contributed by atoms with van der Waals surface area (Å²) < 4.78 is 5.76. The molecule has 0 atom stereocenters. The molecule has 1 aliphatic carbocycles. The highest BCUT2D eigenvalue weighted by molar-refractivity contribution is 5.75. The summed E-state index contributed by atoms with van der Waals surface area (Å²) in [6, 6.07) is 8.09. The van der Waals surface area contributed by atoms with Gasteiger partial charge in [-0.3, -0.25) is 4.79 Å². The molecule has 1 aliphatic rings. The van der Waals surface area contributed by atoms with Crippen molar-refractivity contribution in [1.29, 1.82) is 0 Å². The second-order valence-corrected chi connectivity index (χ2v) is 7.24. The van der Waals surface area contributed by atoms with Crippen LogP contribution in [-0.4, -0.2) is 5.97 Å². The van der Waals surface area contributed by atoms with Gasteiger partial charge in [0, 0.05) is 0 Å². The SMILES string of the molecule is CCCCCCCCCc1ccccc1OC(=O)C1CCCCC1. The van der Waals surface area contributed by atoms with Crippen molar-refractivity contribution < 1.29 is 9.53 Å². The van der Waals surface area contributed by atoms with Gasteiger partial charge in [0.1, 0.15) is 5.75 Å². The molecule has 0 N–H and O–H groups in total. The molecule has 0 radical (unpaired) electrons. The predicted molar refractivity (Wildman–Crippen MR) is 100 cm³/mol. The van der Waals surface area contributed by atoms with Crippen LogP contribution in [0.25, 0.3) is 0 Å². The number of ether oxygens (including phenoxy) is 1. The second kappa shape index (κ2) is 11.3. The number of esters is 1. The zero-order chi connectivity index (χ0) is 17.0. The van der Waals surface area contributed by atoms with Crippen LogP contribution in [0.4, 0.5) is 0 Å². The Morgan fingerprint density at radius 1 is 0.958 bits per heavy atom. The number of carbonyl (C=O) groups excluding carboxylic acids is 1. The summed E-state index contributed by atoms with van der Waals surface area (Å²) in [5.74, 6) is 0.895. The number of rotatable bonds is 10. The average Bonchev–Trinajstić information content (AvgIpc) is 2.63. The van der Waals surface area contributed by atoms with Crippen LogP contribution in [0.5, 0.6) is 5.75 Å². The van der Waals surface area contributed by atoms with Gasteiger partial charge in [-0.1, -0.05) is 82.9 Å². The Labute approximate surface area is 148 Å². The van der Waals surface area contributed by atoms with Crippen LogP contribution in [-0.2, 0) is 11.2 Å². The maximum Gasteiger partial charge on any atom is 0.314 e. The first-order valence-electron chi connectivity index (χ1n) is 10.1. The Kier molecular flexibility index (Phi) is 8.94. The quantitative estimate of drug-likeness (QED) is 0.279. The standard InChI is InChI=1S/C22H34O2/c1-2-3-4-5-6-7-9-14-19-15-12-13-18-21(19)24-22(23)20-16-10-8-11-17-20/h12-13,15,18,20H,2-11,14,16-17H2,1H3. The molecule has 0 amide bonds. The number of aryl methyl sites for hydroxylation is 1. The van der Waals surface area contributed by atoms with E-state index in [1.165, 1.54) is 69.8 Å². The molecular weight excluding hydrogens is 296 g/mol. The smallest absolute Gasteiger partial charge is 0.314 e. The lowest BCUT2D eigenvalue weighted by molar-refractivity contribution is -0.140. The molecule has 24 heavy (non-hydrogen) atoms. The molecule has 0 unspecified atom stereocenters. The second-order valence-electron chi connectivity index (χ2n) is 7.24. The van der Waals surface area contributed by atoms with E-state index in [0.29, 0.717) is 0 Å². The summed E-state index contributed by atoms with van der Waals surface area (Å²) in [7, 11) is 0. The zero-order valence-corrected chi connectivity index (χ0v) is 15.4. The van der Waals surface area contributed by atoms with Crippen molar-refractivity contribution in [3.63, 3.8) is 0 Å². The molecule has 2 heteroatoms. The molecule has 0 aromatic heterocycles. The maximum atomic E-state index is 12.4. The minimum absolute atomic E-state index is 0.0123. The van der Waals surface area contributed by atoms with E-state index < -0.39 is 0 Å². The lowest BCUT2D eigenvalue weighted by Crippen LogP contribution is -2.23. The highest BCUT2D eigenvalue weighted by atomic mass is 16.5. The number of hydrogen-bond acceptors (Lipinski definition) is 2. The summed E-state index contributed by atoms with van der Waals surface area (Å²) in [5.41, 5.74) is 1.19. The van der Waals surface area contributed by atoms with Crippen molar-refractivity contribution in [2.45, 2.75) is 90.4 Å². The number of para-hydroxylation sites is 1. The molecule has 1 saturated carbocycles. The van der Waals surface area contributed by atoms with Gasteiger partial charge in [-0.25, -0.2) is 0 Å². The van der Waals surface area contributed by atoms with Gasteiger partial charge < -0.3 is 4.74 Å². The van der Waals surface area contributed by atoms with Gasteiger partial charge in [0.05, 0.1) is 5.92 Å². The number of benzene rings is 1. The van der Waals surface area contributed by atoms with Gasteiger partial charge in [0.15, 0.2) is 0 Å².